The molecule has 0 radical (unpaired) electrons. The number of hydrogen-bond donors (Lipinski definition) is 1. The number of rotatable bonds is 6. The quantitative estimate of drug-likeness (QED) is 0.505. The molecule has 0 fully saturated rings. The van der Waals surface area contributed by atoms with Crippen molar-refractivity contribution in [2.75, 3.05) is 6.54 Å². The molecule has 0 spiro atoms. The topological polar surface area (TPSA) is 55.1 Å². The van der Waals surface area contributed by atoms with Crippen molar-refractivity contribution in [3.63, 3.8) is 0 Å². The average molecular weight is 396 g/mol. The van der Waals surface area contributed by atoms with Crippen LogP contribution in [0.25, 0.3) is 5.69 Å². The zero-order valence-corrected chi connectivity index (χ0v) is 16.0. The standard InChI is InChI=1S/C21H19ClFN5/c1-2-3-10-24-12-19-26-27-20-13-25-21(15-6-4-5-7-17(15)22)16-11-14(23)8-9-18(16)28(19)20/h2,4-9,11,24H,1,3,10,12-13H2. The molecule has 4 rings (SSSR count). The molecule has 2 heterocycles. The highest BCUT2D eigenvalue weighted by molar-refractivity contribution is 6.35. The summed E-state index contributed by atoms with van der Waals surface area (Å²) in [5.74, 6) is 1.12. The van der Waals surface area contributed by atoms with Crippen LogP contribution < -0.4 is 5.32 Å². The van der Waals surface area contributed by atoms with Crippen molar-refractivity contribution in [3.05, 3.63) is 88.7 Å². The maximum Gasteiger partial charge on any atom is 0.159 e. The molecule has 0 saturated carbocycles. The lowest BCUT2D eigenvalue weighted by Crippen LogP contribution is -2.18. The van der Waals surface area contributed by atoms with Crippen molar-refractivity contribution in [2.24, 2.45) is 4.99 Å². The summed E-state index contributed by atoms with van der Waals surface area (Å²) >= 11 is 6.40. The van der Waals surface area contributed by atoms with Crippen LogP contribution in [-0.4, -0.2) is 27.0 Å². The Hall–Kier alpha value is -2.83. The molecule has 0 bridgehead atoms. The van der Waals surface area contributed by atoms with Crippen LogP contribution in [0.3, 0.4) is 0 Å². The fourth-order valence-electron chi connectivity index (χ4n) is 3.26. The van der Waals surface area contributed by atoms with Crippen LogP contribution in [0.2, 0.25) is 5.02 Å². The Morgan fingerprint density at radius 3 is 2.86 bits per heavy atom. The van der Waals surface area contributed by atoms with Crippen molar-refractivity contribution in [1.82, 2.24) is 20.1 Å². The average Bonchev–Trinajstić information content (AvgIpc) is 3.02. The van der Waals surface area contributed by atoms with E-state index in [1.165, 1.54) is 12.1 Å². The Kier molecular flexibility index (Phi) is 5.32. The monoisotopic (exact) mass is 395 g/mol. The van der Waals surface area contributed by atoms with Crippen molar-refractivity contribution >= 4 is 17.3 Å². The Morgan fingerprint density at radius 2 is 2.04 bits per heavy atom. The first-order valence-electron chi connectivity index (χ1n) is 9.03. The summed E-state index contributed by atoms with van der Waals surface area (Å²) in [7, 11) is 0. The number of aromatic nitrogens is 3. The SMILES string of the molecule is C=CCCNCc1nnc2n1-c1ccc(F)cc1C(c1ccccc1Cl)=NC2. The van der Waals surface area contributed by atoms with Crippen LogP contribution in [0.15, 0.2) is 60.1 Å². The Balaban J connectivity index is 1.81. The zero-order valence-electron chi connectivity index (χ0n) is 15.2. The summed E-state index contributed by atoms with van der Waals surface area (Å²) in [5.41, 5.74) is 2.87. The van der Waals surface area contributed by atoms with Gasteiger partial charge in [-0.1, -0.05) is 35.9 Å². The van der Waals surface area contributed by atoms with E-state index in [4.69, 9.17) is 16.6 Å². The van der Waals surface area contributed by atoms with Gasteiger partial charge in [0.15, 0.2) is 11.6 Å². The predicted molar refractivity (Wildman–Crippen MR) is 109 cm³/mol. The van der Waals surface area contributed by atoms with Gasteiger partial charge in [-0.25, -0.2) is 4.39 Å². The van der Waals surface area contributed by atoms with Gasteiger partial charge in [-0.05, 0) is 37.2 Å². The highest BCUT2D eigenvalue weighted by Gasteiger charge is 2.24. The van der Waals surface area contributed by atoms with Gasteiger partial charge in [0, 0.05) is 16.1 Å². The van der Waals surface area contributed by atoms with Crippen LogP contribution in [0.4, 0.5) is 4.39 Å². The molecular formula is C21H19ClFN5. The Bertz CT molecular complexity index is 1060. The molecule has 28 heavy (non-hydrogen) atoms. The first-order valence-corrected chi connectivity index (χ1v) is 9.41. The summed E-state index contributed by atoms with van der Waals surface area (Å²) in [5, 5.41) is 12.5. The van der Waals surface area contributed by atoms with Gasteiger partial charge in [-0.15, -0.1) is 16.8 Å². The number of aliphatic imine (C=N–C) groups is 1. The molecule has 2 aromatic carbocycles. The number of halogens is 2. The number of benzene rings is 2. The van der Waals surface area contributed by atoms with Crippen LogP contribution in [0.1, 0.15) is 29.2 Å². The van der Waals surface area contributed by atoms with Crippen LogP contribution in [0.5, 0.6) is 0 Å². The lowest BCUT2D eigenvalue weighted by atomic mass is 10.00. The van der Waals surface area contributed by atoms with Gasteiger partial charge in [-0.3, -0.25) is 9.56 Å². The summed E-state index contributed by atoms with van der Waals surface area (Å²) in [6.45, 7) is 5.39. The summed E-state index contributed by atoms with van der Waals surface area (Å²) in [6.07, 6.45) is 2.72. The van der Waals surface area contributed by atoms with Crippen LogP contribution in [-0.2, 0) is 13.1 Å². The molecule has 7 heteroatoms. The second-order valence-corrected chi connectivity index (χ2v) is 6.84. The van der Waals surface area contributed by atoms with E-state index in [1.54, 1.807) is 12.1 Å². The Labute approximate surface area is 167 Å². The minimum Gasteiger partial charge on any atom is -0.310 e. The van der Waals surface area contributed by atoms with Crippen LogP contribution >= 0.6 is 11.6 Å². The lowest BCUT2D eigenvalue weighted by molar-refractivity contribution is 0.626. The molecule has 5 nitrogen and oxygen atoms in total. The highest BCUT2D eigenvalue weighted by atomic mass is 35.5. The molecule has 0 saturated heterocycles. The largest absolute Gasteiger partial charge is 0.310 e. The lowest BCUT2D eigenvalue weighted by Gasteiger charge is -2.14. The fraction of sp³-hybridized carbons (Fsp3) is 0.190. The fourth-order valence-corrected chi connectivity index (χ4v) is 3.49. The van der Waals surface area contributed by atoms with Crippen LogP contribution in [0, 0.1) is 5.82 Å². The number of nitrogens with one attached hydrogen (secondary N) is 1. The van der Waals surface area contributed by atoms with E-state index in [1.807, 2.05) is 28.8 Å². The van der Waals surface area contributed by atoms with Crippen molar-refractivity contribution < 1.29 is 4.39 Å². The second kappa shape index (κ2) is 8.04. The maximum absolute atomic E-state index is 14.2. The Morgan fingerprint density at radius 1 is 1.18 bits per heavy atom. The number of hydrogen-bond acceptors (Lipinski definition) is 4. The van der Waals surface area contributed by atoms with Crippen molar-refractivity contribution in [1.29, 1.82) is 0 Å². The van der Waals surface area contributed by atoms with Gasteiger partial charge in [0.25, 0.3) is 0 Å². The number of nitrogens with zero attached hydrogens (tertiary/aromatic N) is 4. The van der Waals surface area contributed by atoms with Gasteiger partial charge in [0.05, 0.1) is 17.9 Å². The van der Waals surface area contributed by atoms with E-state index >= 15 is 0 Å². The maximum atomic E-state index is 14.2. The zero-order chi connectivity index (χ0) is 19.5. The van der Waals surface area contributed by atoms with Gasteiger partial charge in [-0.2, -0.15) is 0 Å². The molecule has 1 N–H and O–H groups in total. The van der Waals surface area contributed by atoms with Gasteiger partial charge in [0.1, 0.15) is 12.4 Å². The molecule has 1 aromatic heterocycles. The van der Waals surface area contributed by atoms with E-state index in [0.29, 0.717) is 35.2 Å². The normalized spacial score (nSPS) is 12.7. The first kappa shape index (κ1) is 18.5. The first-order chi connectivity index (χ1) is 13.7. The molecular weight excluding hydrogens is 377 g/mol. The third kappa shape index (κ3) is 3.48. The minimum atomic E-state index is -0.333. The molecule has 0 aliphatic carbocycles. The summed E-state index contributed by atoms with van der Waals surface area (Å²) in [4.78, 5) is 4.71. The van der Waals surface area contributed by atoms with Gasteiger partial charge >= 0.3 is 0 Å². The second-order valence-electron chi connectivity index (χ2n) is 6.43. The molecule has 0 amide bonds. The molecule has 1 aliphatic heterocycles. The van der Waals surface area contributed by atoms with Gasteiger partial charge in [0.2, 0.25) is 0 Å². The van der Waals surface area contributed by atoms with Crippen molar-refractivity contribution in [3.8, 4) is 5.69 Å². The van der Waals surface area contributed by atoms with Gasteiger partial charge < -0.3 is 5.32 Å². The van der Waals surface area contributed by atoms with E-state index in [0.717, 1.165) is 30.0 Å². The molecule has 0 unspecified atom stereocenters. The molecule has 3 aromatic rings. The minimum absolute atomic E-state index is 0.330. The number of fused-ring (bicyclic) bond motifs is 3. The summed E-state index contributed by atoms with van der Waals surface area (Å²) < 4.78 is 16.1. The van der Waals surface area contributed by atoms with E-state index in [-0.39, 0.29) is 5.82 Å². The summed E-state index contributed by atoms with van der Waals surface area (Å²) in [6, 6.07) is 12.1. The molecule has 1 aliphatic rings. The van der Waals surface area contributed by atoms with E-state index in [2.05, 4.69) is 22.1 Å². The predicted octanol–water partition coefficient (Wildman–Crippen LogP) is 4.08. The van der Waals surface area contributed by atoms with E-state index in [9.17, 15) is 4.39 Å². The molecule has 142 valence electrons. The third-order valence-corrected chi connectivity index (χ3v) is 4.90. The molecule has 0 atom stereocenters. The highest BCUT2D eigenvalue weighted by Crippen LogP contribution is 2.29. The van der Waals surface area contributed by atoms with E-state index < -0.39 is 0 Å². The van der Waals surface area contributed by atoms with Crippen molar-refractivity contribution in [2.45, 2.75) is 19.5 Å². The third-order valence-electron chi connectivity index (χ3n) is 4.57. The smallest absolute Gasteiger partial charge is 0.159 e.